The summed E-state index contributed by atoms with van der Waals surface area (Å²) >= 11 is 15.0. The highest BCUT2D eigenvalue weighted by atomic mass is 35.5. The van der Waals surface area contributed by atoms with Gasteiger partial charge in [0.15, 0.2) is 15.3 Å². The summed E-state index contributed by atoms with van der Waals surface area (Å²) in [7, 11) is 0. The third-order valence-corrected chi connectivity index (χ3v) is 11.3. The van der Waals surface area contributed by atoms with Crippen molar-refractivity contribution in [3.63, 3.8) is 0 Å². The number of carbonyl (C=O) groups excluding carboxylic acids is 2. The first kappa shape index (κ1) is 30.8. The summed E-state index contributed by atoms with van der Waals surface area (Å²) in [6.07, 6.45) is 0. The van der Waals surface area contributed by atoms with Crippen LogP contribution in [-0.2, 0) is 22.6 Å². The van der Waals surface area contributed by atoms with Gasteiger partial charge in [0.25, 0.3) is 11.8 Å². The van der Waals surface area contributed by atoms with Crippen molar-refractivity contribution in [2.75, 3.05) is 9.80 Å². The number of hydrogen-bond acceptors (Lipinski definition) is 8. The number of amides is 2. The second-order valence-corrected chi connectivity index (χ2v) is 14.8. The lowest BCUT2D eigenvalue weighted by Gasteiger charge is -2.32. The Morgan fingerprint density at radius 2 is 1.71 bits per heavy atom. The van der Waals surface area contributed by atoms with Crippen molar-refractivity contribution in [2.24, 2.45) is 0 Å². The van der Waals surface area contributed by atoms with E-state index in [1.807, 2.05) is 62.4 Å². The molecular weight excluding hydrogens is 687 g/mol. The molecule has 12 heteroatoms. The molecule has 1 unspecified atom stereocenters. The molecule has 238 valence electrons. The summed E-state index contributed by atoms with van der Waals surface area (Å²) < 4.78 is 6.77. The van der Waals surface area contributed by atoms with Gasteiger partial charge in [-0.05, 0) is 55.3 Å². The summed E-state index contributed by atoms with van der Waals surface area (Å²) in [5, 5.41) is 10.3. The van der Waals surface area contributed by atoms with E-state index in [0.29, 0.717) is 36.8 Å². The Morgan fingerprint density at radius 3 is 2.52 bits per heavy atom. The second kappa shape index (κ2) is 11.6. The molecular formula is C36H24Cl2N4O4S2. The zero-order valence-corrected chi connectivity index (χ0v) is 28.6. The van der Waals surface area contributed by atoms with Gasteiger partial charge in [0.1, 0.15) is 5.58 Å². The van der Waals surface area contributed by atoms with Crippen LogP contribution in [0.3, 0.4) is 0 Å². The van der Waals surface area contributed by atoms with Crippen LogP contribution in [0.4, 0.5) is 10.8 Å². The molecule has 2 aliphatic rings. The number of fused-ring (bicyclic) bond motifs is 5. The highest BCUT2D eigenvalue weighted by Gasteiger charge is 2.66. The molecule has 0 radical (unpaired) electrons. The topological polar surface area (TPSA) is 96.6 Å². The summed E-state index contributed by atoms with van der Waals surface area (Å²) in [4.78, 5) is 47.3. The van der Waals surface area contributed by atoms with E-state index in [2.05, 4.69) is 10.2 Å². The maximum Gasteiger partial charge on any atom is 0.297 e. The van der Waals surface area contributed by atoms with Crippen molar-refractivity contribution in [1.29, 1.82) is 0 Å². The number of benzene rings is 4. The Morgan fingerprint density at radius 1 is 0.896 bits per heavy atom. The lowest BCUT2D eigenvalue weighted by Crippen LogP contribution is -2.53. The maximum atomic E-state index is 15.2. The first-order chi connectivity index (χ1) is 23.2. The third kappa shape index (κ3) is 4.69. The fourth-order valence-electron chi connectivity index (χ4n) is 6.56. The molecule has 0 saturated heterocycles. The van der Waals surface area contributed by atoms with E-state index >= 15 is 4.79 Å². The predicted octanol–water partition coefficient (Wildman–Crippen LogP) is 8.31. The van der Waals surface area contributed by atoms with Crippen molar-refractivity contribution in [2.45, 2.75) is 36.0 Å². The number of thioether (sulfide) groups is 1. The SMILES string of the molecule is Cc1cccc(CN2C(=O)C3(c4ccccc42)c2c(oc4ccc(C)cc4c2=O)C(=O)N3c2nnc(SCc3ccc(Cl)cc3Cl)s2)c1. The normalized spacial score (nSPS) is 16.8. The smallest absolute Gasteiger partial charge is 0.297 e. The number of hydrogen-bond donors (Lipinski definition) is 0. The van der Waals surface area contributed by atoms with Crippen LogP contribution in [0.15, 0.2) is 98.5 Å². The molecule has 0 saturated carbocycles. The monoisotopic (exact) mass is 710 g/mol. The molecule has 2 amide bonds. The summed E-state index contributed by atoms with van der Waals surface area (Å²) in [5.74, 6) is -0.803. The molecule has 2 aromatic heterocycles. The number of aromatic nitrogens is 2. The Hall–Kier alpha value is -4.48. The number of anilines is 2. The summed E-state index contributed by atoms with van der Waals surface area (Å²) in [6, 6.07) is 25.6. The van der Waals surface area contributed by atoms with Gasteiger partial charge in [-0.3, -0.25) is 19.3 Å². The van der Waals surface area contributed by atoms with Gasteiger partial charge < -0.3 is 9.32 Å². The Bertz CT molecular complexity index is 2390. The zero-order valence-electron chi connectivity index (χ0n) is 25.5. The highest BCUT2D eigenvalue weighted by molar-refractivity contribution is 8.00. The predicted molar refractivity (Wildman–Crippen MR) is 190 cm³/mol. The van der Waals surface area contributed by atoms with Crippen molar-refractivity contribution in [3.05, 3.63) is 144 Å². The number of para-hydroxylation sites is 1. The molecule has 4 heterocycles. The van der Waals surface area contributed by atoms with Crippen molar-refractivity contribution < 1.29 is 14.0 Å². The van der Waals surface area contributed by atoms with Gasteiger partial charge in [-0.15, -0.1) is 10.2 Å². The number of carbonyl (C=O) groups is 2. The summed E-state index contributed by atoms with van der Waals surface area (Å²) in [6.45, 7) is 4.09. The minimum absolute atomic E-state index is 0.0212. The average Bonchev–Trinajstić information content (AvgIpc) is 3.70. The molecule has 0 aliphatic carbocycles. The first-order valence-electron chi connectivity index (χ1n) is 15.0. The molecule has 48 heavy (non-hydrogen) atoms. The zero-order chi connectivity index (χ0) is 33.3. The molecule has 0 bridgehead atoms. The van der Waals surface area contributed by atoms with E-state index < -0.39 is 22.8 Å². The molecule has 2 aliphatic heterocycles. The Kier molecular flexibility index (Phi) is 7.44. The van der Waals surface area contributed by atoms with Crippen LogP contribution in [0.5, 0.6) is 0 Å². The fraction of sp³-hybridized carbons (Fsp3) is 0.139. The molecule has 1 atom stereocenters. The van der Waals surface area contributed by atoms with Crippen molar-refractivity contribution in [1.82, 2.24) is 10.2 Å². The molecule has 6 aromatic rings. The quantitative estimate of drug-likeness (QED) is 0.127. The van der Waals surface area contributed by atoms with Gasteiger partial charge in [0.05, 0.1) is 23.2 Å². The highest BCUT2D eigenvalue weighted by Crippen LogP contribution is 2.55. The van der Waals surface area contributed by atoms with E-state index in [0.717, 1.165) is 33.6 Å². The number of rotatable bonds is 6. The largest absolute Gasteiger partial charge is 0.450 e. The minimum Gasteiger partial charge on any atom is -0.450 e. The molecule has 0 N–H and O–H groups in total. The van der Waals surface area contributed by atoms with Gasteiger partial charge in [0, 0.05) is 21.4 Å². The van der Waals surface area contributed by atoms with Crippen LogP contribution < -0.4 is 15.2 Å². The maximum absolute atomic E-state index is 15.2. The van der Waals surface area contributed by atoms with Crippen LogP contribution in [0.25, 0.3) is 11.0 Å². The second-order valence-electron chi connectivity index (χ2n) is 11.8. The Labute approximate surface area is 292 Å². The minimum atomic E-state index is -1.87. The van der Waals surface area contributed by atoms with Crippen LogP contribution in [0.2, 0.25) is 10.0 Å². The average molecular weight is 712 g/mol. The van der Waals surface area contributed by atoms with Gasteiger partial charge in [-0.25, -0.2) is 0 Å². The lowest BCUT2D eigenvalue weighted by molar-refractivity contribution is -0.121. The van der Waals surface area contributed by atoms with Crippen molar-refractivity contribution in [3.8, 4) is 0 Å². The van der Waals surface area contributed by atoms with Crippen LogP contribution >= 0.6 is 46.3 Å². The molecule has 8 rings (SSSR count). The summed E-state index contributed by atoms with van der Waals surface area (Å²) in [5.41, 5.74) is 2.67. The van der Waals surface area contributed by atoms with E-state index in [-0.39, 0.29) is 28.6 Å². The third-order valence-electron chi connectivity index (χ3n) is 8.66. The molecule has 8 nitrogen and oxygen atoms in total. The number of aryl methyl sites for hydroxylation is 2. The van der Waals surface area contributed by atoms with Crippen molar-refractivity contribution >= 4 is 79.9 Å². The van der Waals surface area contributed by atoms with E-state index in [1.165, 1.54) is 16.7 Å². The van der Waals surface area contributed by atoms with E-state index in [9.17, 15) is 9.59 Å². The fourth-order valence-corrected chi connectivity index (χ4v) is 9.01. The van der Waals surface area contributed by atoms with Crippen LogP contribution in [0, 0.1) is 13.8 Å². The number of halogens is 2. The van der Waals surface area contributed by atoms with E-state index in [4.69, 9.17) is 27.6 Å². The number of nitrogens with zero attached hydrogens (tertiary/aromatic N) is 4. The van der Waals surface area contributed by atoms with Gasteiger partial charge in [0.2, 0.25) is 10.9 Å². The van der Waals surface area contributed by atoms with Gasteiger partial charge in [-0.1, -0.05) is 112 Å². The van der Waals surface area contributed by atoms with E-state index in [1.54, 1.807) is 41.3 Å². The lowest BCUT2D eigenvalue weighted by atomic mass is 9.84. The Balaban J connectivity index is 1.31. The molecule has 1 spiro atoms. The standard InChI is InChI=1S/C36H24Cl2N4O4S2/c1-19-6-5-7-21(14-19)17-41-27-9-4-3-8-25(27)36(33(41)45)29-30(43)24-15-20(2)10-13-28(24)46-31(29)32(44)42(36)34-39-40-35(48-34)47-18-22-11-12-23(37)16-26(22)38/h3-16H,17-18H2,1-2H3. The van der Waals surface area contributed by atoms with Gasteiger partial charge >= 0.3 is 0 Å². The van der Waals surface area contributed by atoms with Crippen LogP contribution in [-0.4, -0.2) is 22.0 Å². The molecule has 0 fully saturated rings. The van der Waals surface area contributed by atoms with Gasteiger partial charge in [-0.2, -0.15) is 0 Å². The van der Waals surface area contributed by atoms with Crippen LogP contribution in [0.1, 0.15) is 43.9 Å². The first-order valence-corrected chi connectivity index (χ1v) is 17.5. The molecule has 4 aromatic carbocycles.